The molecule has 1 N–H and O–H groups in total. The molecule has 19 heavy (non-hydrogen) atoms. The number of fused-ring (bicyclic) bond motifs is 1. The van der Waals surface area contributed by atoms with Gasteiger partial charge < -0.3 is 14.6 Å². The molecule has 1 aromatic carbocycles. The van der Waals surface area contributed by atoms with Gasteiger partial charge in [0, 0.05) is 31.3 Å². The van der Waals surface area contributed by atoms with Gasteiger partial charge in [-0.15, -0.1) is 0 Å². The van der Waals surface area contributed by atoms with E-state index in [-0.39, 0.29) is 12.0 Å². The number of nitrogens with one attached hydrogen (secondary N) is 1. The summed E-state index contributed by atoms with van der Waals surface area (Å²) in [7, 11) is 0. The van der Waals surface area contributed by atoms with Crippen molar-refractivity contribution in [1.29, 1.82) is 0 Å². The summed E-state index contributed by atoms with van der Waals surface area (Å²) < 4.78 is 5.59. The van der Waals surface area contributed by atoms with Crippen LogP contribution in [0.1, 0.15) is 23.7 Å². The van der Waals surface area contributed by atoms with Gasteiger partial charge in [0.05, 0.1) is 17.2 Å². The summed E-state index contributed by atoms with van der Waals surface area (Å²) in [5.41, 5.74) is 1.67. The molecule has 1 unspecified atom stereocenters. The fourth-order valence-electron chi connectivity index (χ4n) is 2.61. The second-order valence-electron chi connectivity index (χ2n) is 5.03. The topological polar surface area (TPSA) is 45.3 Å². The summed E-state index contributed by atoms with van der Waals surface area (Å²) in [4.78, 5) is 17.7. The van der Waals surface area contributed by atoms with Gasteiger partial charge in [0.25, 0.3) is 5.91 Å². The van der Waals surface area contributed by atoms with E-state index in [0.717, 1.165) is 36.0 Å². The summed E-state index contributed by atoms with van der Waals surface area (Å²) in [6.45, 7) is 4.18. The quantitative estimate of drug-likeness (QED) is 0.853. The van der Waals surface area contributed by atoms with Crippen molar-refractivity contribution >= 4 is 16.8 Å². The van der Waals surface area contributed by atoms with Crippen molar-refractivity contribution < 1.29 is 9.53 Å². The van der Waals surface area contributed by atoms with Crippen LogP contribution in [-0.2, 0) is 4.74 Å². The summed E-state index contributed by atoms with van der Waals surface area (Å²) in [6, 6.07) is 7.82. The zero-order valence-corrected chi connectivity index (χ0v) is 11.1. The first-order chi connectivity index (χ1) is 9.25. The zero-order chi connectivity index (χ0) is 13.2. The van der Waals surface area contributed by atoms with Gasteiger partial charge in [-0.3, -0.25) is 4.79 Å². The van der Waals surface area contributed by atoms with Crippen molar-refractivity contribution in [2.45, 2.75) is 19.4 Å². The maximum Gasteiger partial charge on any atom is 0.256 e. The van der Waals surface area contributed by atoms with Crippen LogP contribution >= 0.6 is 0 Å². The lowest BCUT2D eigenvalue weighted by atomic mass is 10.1. The Bertz CT molecular complexity index is 591. The minimum atomic E-state index is 0.0883. The molecule has 3 rings (SSSR count). The molecule has 1 saturated heterocycles. The van der Waals surface area contributed by atoms with Gasteiger partial charge in [-0.2, -0.15) is 0 Å². The number of para-hydroxylation sites is 1. The van der Waals surface area contributed by atoms with Crippen molar-refractivity contribution in [3.8, 4) is 0 Å². The van der Waals surface area contributed by atoms with Gasteiger partial charge in [-0.25, -0.2) is 0 Å². The lowest BCUT2D eigenvalue weighted by Gasteiger charge is -2.22. The molecule has 0 aliphatic carbocycles. The van der Waals surface area contributed by atoms with Crippen LogP contribution in [0.4, 0.5) is 0 Å². The molecule has 1 atom stereocenters. The number of carbonyl (C=O) groups excluding carboxylic acids is 1. The highest BCUT2D eigenvalue weighted by Gasteiger charge is 2.22. The maximum atomic E-state index is 12.7. The van der Waals surface area contributed by atoms with Crippen LogP contribution < -0.4 is 0 Å². The molecule has 4 heteroatoms. The largest absolute Gasteiger partial charge is 0.377 e. The van der Waals surface area contributed by atoms with Gasteiger partial charge in [0.15, 0.2) is 0 Å². The molecule has 0 saturated carbocycles. The number of hydrogen-bond acceptors (Lipinski definition) is 2. The first-order valence-corrected chi connectivity index (χ1v) is 6.72. The molecule has 4 nitrogen and oxygen atoms in total. The van der Waals surface area contributed by atoms with Crippen LogP contribution in [0.5, 0.6) is 0 Å². The Labute approximate surface area is 112 Å². The van der Waals surface area contributed by atoms with Crippen LogP contribution in [0.25, 0.3) is 10.9 Å². The van der Waals surface area contributed by atoms with E-state index in [9.17, 15) is 4.79 Å². The number of aromatic amines is 1. The minimum Gasteiger partial charge on any atom is -0.377 e. The Morgan fingerprint density at radius 3 is 3.21 bits per heavy atom. The van der Waals surface area contributed by atoms with Crippen LogP contribution in [0.3, 0.4) is 0 Å². The van der Waals surface area contributed by atoms with Crippen molar-refractivity contribution in [3.63, 3.8) is 0 Å². The third-order valence-electron chi connectivity index (χ3n) is 3.56. The average molecular weight is 258 g/mol. The van der Waals surface area contributed by atoms with E-state index in [4.69, 9.17) is 4.74 Å². The fourth-order valence-corrected chi connectivity index (χ4v) is 2.61. The molecule has 1 amide bonds. The second kappa shape index (κ2) is 5.05. The third kappa shape index (κ3) is 2.36. The summed E-state index contributed by atoms with van der Waals surface area (Å²) in [5.74, 6) is 0.0883. The van der Waals surface area contributed by atoms with E-state index < -0.39 is 0 Å². The molecular weight excluding hydrogens is 240 g/mol. The van der Waals surface area contributed by atoms with Crippen LogP contribution in [0, 0.1) is 0 Å². The molecule has 1 aliphatic heterocycles. The molecule has 1 fully saturated rings. The average Bonchev–Trinajstić information content (AvgIpc) is 2.79. The predicted molar refractivity (Wildman–Crippen MR) is 74.2 cm³/mol. The fraction of sp³-hybridized carbons (Fsp3) is 0.400. The number of nitrogens with zero attached hydrogens (tertiary/aromatic N) is 1. The van der Waals surface area contributed by atoms with Crippen LogP contribution in [0.15, 0.2) is 30.5 Å². The molecule has 0 spiro atoms. The molecule has 1 aromatic heterocycles. The Morgan fingerprint density at radius 2 is 2.32 bits per heavy atom. The Balaban J connectivity index is 1.92. The first kappa shape index (κ1) is 12.2. The zero-order valence-electron chi connectivity index (χ0n) is 11.1. The highest BCUT2D eigenvalue weighted by Crippen LogP contribution is 2.19. The summed E-state index contributed by atoms with van der Waals surface area (Å²) in [5, 5.41) is 1.07. The smallest absolute Gasteiger partial charge is 0.256 e. The number of ether oxygens (including phenoxy) is 1. The molecule has 2 aromatic rings. The Hall–Kier alpha value is -1.81. The number of benzene rings is 1. The van der Waals surface area contributed by atoms with E-state index in [1.54, 1.807) is 0 Å². The van der Waals surface area contributed by atoms with Gasteiger partial charge in [-0.05, 0) is 25.5 Å². The molecular formula is C15H18N2O2. The molecule has 100 valence electrons. The highest BCUT2D eigenvalue weighted by atomic mass is 16.5. The Kier molecular flexibility index (Phi) is 3.25. The van der Waals surface area contributed by atoms with Gasteiger partial charge in [-0.1, -0.05) is 12.1 Å². The molecule has 0 bridgehead atoms. The van der Waals surface area contributed by atoms with E-state index in [2.05, 4.69) is 4.98 Å². The molecule has 0 radical (unpaired) electrons. The number of H-pyrrole nitrogens is 1. The van der Waals surface area contributed by atoms with Gasteiger partial charge in [0.2, 0.25) is 0 Å². The standard InChI is InChI=1S/C15H18N2O2/c1-11-10-17(8-3-9-19-11)15(18)13-5-2-4-12-6-7-16-14(12)13/h2,4-7,11,16H,3,8-10H2,1H3. The predicted octanol–water partition coefficient (Wildman–Crippen LogP) is 2.42. The van der Waals surface area contributed by atoms with Gasteiger partial charge >= 0.3 is 0 Å². The normalized spacial score (nSPS) is 20.5. The van der Waals surface area contributed by atoms with E-state index in [0.29, 0.717) is 6.54 Å². The van der Waals surface area contributed by atoms with Crippen molar-refractivity contribution in [3.05, 3.63) is 36.0 Å². The van der Waals surface area contributed by atoms with E-state index >= 15 is 0 Å². The van der Waals surface area contributed by atoms with Crippen molar-refractivity contribution in [2.75, 3.05) is 19.7 Å². The van der Waals surface area contributed by atoms with E-state index in [1.807, 2.05) is 42.3 Å². The summed E-state index contributed by atoms with van der Waals surface area (Å²) in [6.07, 6.45) is 2.88. The van der Waals surface area contributed by atoms with Crippen LogP contribution in [-0.4, -0.2) is 41.6 Å². The number of rotatable bonds is 1. The molecule has 1 aliphatic rings. The van der Waals surface area contributed by atoms with Crippen molar-refractivity contribution in [2.24, 2.45) is 0 Å². The number of amides is 1. The van der Waals surface area contributed by atoms with E-state index in [1.165, 1.54) is 0 Å². The monoisotopic (exact) mass is 258 g/mol. The SMILES string of the molecule is CC1CN(C(=O)c2cccc3cc[nH]c23)CCCO1. The minimum absolute atomic E-state index is 0.0883. The molecule has 2 heterocycles. The van der Waals surface area contributed by atoms with Gasteiger partial charge in [0.1, 0.15) is 0 Å². The maximum absolute atomic E-state index is 12.7. The number of aromatic nitrogens is 1. The first-order valence-electron chi connectivity index (χ1n) is 6.72. The lowest BCUT2D eigenvalue weighted by Crippen LogP contribution is -2.36. The van der Waals surface area contributed by atoms with Crippen LogP contribution in [0.2, 0.25) is 0 Å². The number of carbonyl (C=O) groups is 1. The Morgan fingerprint density at radius 1 is 1.42 bits per heavy atom. The second-order valence-corrected chi connectivity index (χ2v) is 5.03. The number of hydrogen-bond donors (Lipinski definition) is 1. The van der Waals surface area contributed by atoms with Crippen molar-refractivity contribution in [1.82, 2.24) is 9.88 Å². The third-order valence-corrected chi connectivity index (χ3v) is 3.56. The lowest BCUT2D eigenvalue weighted by molar-refractivity contribution is 0.0563. The highest BCUT2D eigenvalue weighted by molar-refractivity contribution is 6.05. The summed E-state index contributed by atoms with van der Waals surface area (Å²) >= 11 is 0.